The minimum absolute atomic E-state index is 0.353. The number of amides is 2. The number of rotatable bonds is 2. The molecule has 0 heterocycles. The topological polar surface area (TPSA) is 67.1 Å². The third-order valence-corrected chi connectivity index (χ3v) is 3.48. The first-order chi connectivity index (χ1) is 9.45. The van der Waals surface area contributed by atoms with Crippen LogP contribution in [0.1, 0.15) is 0 Å². The van der Waals surface area contributed by atoms with Crippen LogP contribution in [0.4, 0.5) is 21.9 Å². The fourth-order valence-corrected chi connectivity index (χ4v) is 1.96. The van der Waals surface area contributed by atoms with Crippen molar-refractivity contribution in [2.24, 2.45) is 0 Å². The lowest BCUT2D eigenvalue weighted by Gasteiger charge is -2.10. The van der Waals surface area contributed by atoms with Crippen LogP contribution in [0, 0.1) is 0 Å². The Morgan fingerprint density at radius 2 is 1.60 bits per heavy atom. The van der Waals surface area contributed by atoms with Crippen molar-refractivity contribution >= 4 is 57.9 Å². The van der Waals surface area contributed by atoms with Gasteiger partial charge in [0.25, 0.3) is 0 Å². The number of nitrogen functional groups attached to an aromatic ring is 1. The van der Waals surface area contributed by atoms with Crippen molar-refractivity contribution in [3.8, 4) is 0 Å². The number of halogens is 3. The second-order valence-electron chi connectivity index (χ2n) is 3.95. The lowest BCUT2D eigenvalue weighted by atomic mass is 10.3. The number of anilines is 3. The van der Waals surface area contributed by atoms with Gasteiger partial charge in [-0.2, -0.15) is 0 Å². The number of hydrogen-bond acceptors (Lipinski definition) is 2. The van der Waals surface area contributed by atoms with E-state index in [1.807, 2.05) is 0 Å². The molecular weight excluding hydrogens is 321 g/mol. The van der Waals surface area contributed by atoms with Crippen LogP contribution >= 0.6 is 34.8 Å². The maximum Gasteiger partial charge on any atom is 0.323 e. The van der Waals surface area contributed by atoms with Gasteiger partial charge in [-0.15, -0.1) is 0 Å². The van der Waals surface area contributed by atoms with Crippen LogP contribution in [0.3, 0.4) is 0 Å². The van der Waals surface area contributed by atoms with Gasteiger partial charge in [0, 0.05) is 11.4 Å². The lowest BCUT2D eigenvalue weighted by Crippen LogP contribution is -2.19. The number of hydrogen-bond donors (Lipinski definition) is 3. The van der Waals surface area contributed by atoms with E-state index >= 15 is 0 Å². The average molecular weight is 331 g/mol. The Morgan fingerprint density at radius 3 is 2.30 bits per heavy atom. The molecule has 7 heteroatoms. The molecular formula is C13H10Cl3N3O. The molecule has 0 aromatic heterocycles. The number of benzene rings is 2. The van der Waals surface area contributed by atoms with Crippen molar-refractivity contribution in [2.75, 3.05) is 16.4 Å². The number of carbonyl (C=O) groups is 1. The highest BCUT2D eigenvalue weighted by Crippen LogP contribution is 2.26. The molecule has 2 rings (SSSR count). The van der Waals surface area contributed by atoms with E-state index in [4.69, 9.17) is 40.5 Å². The molecule has 0 aliphatic heterocycles. The zero-order valence-corrected chi connectivity index (χ0v) is 12.4. The van der Waals surface area contributed by atoms with E-state index in [0.29, 0.717) is 32.1 Å². The molecule has 0 aliphatic rings. The molecule has 0 unspecified atom stereocenters. The Hall–Kier alpha value is -1.62. The third-order valence-electron chi connectivity index (χ3n) is 2.42. The summed E-state index contributed by atoms with van der Waals surface area (Å²) in [5.41, 5.74) is 7.06. The molecule has 4 nitrogen and oxygen atoms in total. The molecule has 0 aliphatic carbocycles. The normalized spacial score (nSPS) is 10.2. The van der Waals surface area contributed by atoms with Gasteiger partial charge in [-0.25, -0.2) is 4.79 Å². The Kier molecular flexibility index (Phi) is 4.60. The molecule has 0 atom stereocenters. The molecule has 0 spiro atoms. The summed E-state index contributed by atoms with van der Waals surface area (Å²) >= 11 is 17.6. The molecule has 2 amide bonds. The molecule has 20 heavy (non-hydrogen) atoms. The molecule has 0 saturated carbocycles. The van der Waals surface area contributed by atoms with Gasteiger partial charge in [0.05, 0.1) is 20.8 Å². The molecule has 0 saturated heterocycles. The van der Waals surface area contributed by atoms with Crippen molar-refractivity contribution < 1.29 is 4.79 Å². The van der Waals surface area contributed by atoms with Gasteiger partial charge in [-0.3, -0.25) is 0 Å². The predicted octanol–water partition coefficient (Wildman–Crippen LogP) is 4.87. The lowest BCUT2D eigenvalue weighted by molar-refractivity contribution is 0.262. The summed E-state index contributed by atoms with van der Waals surface area (Å²) in [7, 11) is 0. The molecule has 104 valence electrons. The van der Waals surface area contributed by atoms with E-state index < -0.39 is 6.03 Å². The zero-order chi connectivity index (χ0) is 14.7. The quantitative estimate of drug-likeness (QED) is 0.687. The predicted molar refractivity (Wildman–Crippen MR) is 85.0 cm³/mol. The van der Waals surface area contributed by atoms with E-state index in [-0.39, 0.29) is 0 Å². The largest absolute Gasteiger partial charge is 0.399 e. The summed E-state index contributed by atoms with van der Waals surface area (Å²) in [6.07, 6.45) is 0. The van der Waals surface area contributed by atoms with Gasteiger partial charge in [-0.05, 0) is 36.4 Å². The zero-order valence-electron chi connectivity index (χ0n) is 10.1. The Bertz CT molecular complexity index is 661. The smallest absolute Gasteiger partial charge is 0.323 e. The molecule has 0 radical (unpaired) electrons. The summed E-state index contributed by atoms with van der Waals surface area (Å²) in [6, 6.07) is 9.12. The van der Waals surface area contributed by atoms with Crippen LogP contribution in [-0.4, -0.2) is 6.03 Å². The van der Waals surface area contributed by atoms with Gasteiger partial charge in [-0.1, -0.05) is 34.8 Å². The fraction of sp³-hybridized carbons (Fsp3) is 0. The fourth-order valence-electron chi connectivity index (χ4n) is 1.50. The highest BCUT2D eigenvalue weighted by molar-refractivity contribution is 6.42. The van der Waals surface area contributed by atoms with Crippen molar-refractivity contribution in [2.45, 2.75) is 0 Å². The summed E-state index contributed by atoms with van der Waals surface area (Å²) in [5.74, 6) is 0. The van der Waals surface area contributed by atoms with Crippen molar-refractivity contribution in [1.82, 2.24) is 0 Å². The van der Waals surface area contributed by atoms with Gasteiger partial charge >= 0.3 is 6.03 Å². The highest BCUT2D eigenvalue weighted by Gasteiger charge is 2.07. The van der Waals surface area contributed by atoms with Crippen LogP contribution in [-0.2, 0) is 0 Å². The summed E-state index contributed by atoms with van der Waals surface area (Å²) < 4.78 is 0. The van der Waals surface area contributed by atoms with Crippen LogP contribution in [0.15, 0.2) is 36.4 Å². The van der Waals surface area contributed by atoms with Gasteiger partial charge in [0.1, 0.15) is 0 Å². The summed E-state index contributed by atoms with van der Waals surface area (Å²) in [5, 5.41) is 6.37. The number of nitrogens with two attached hydrogens (primary N) is 1. The highest BCUT2D eigenvalue weighted by atomic mass is 35.5. The molecule has 2 aromatic rings. The number of urea groups is 1. The van der Waals surface area contributed by atoms with Crippen LogP contribution < -0.4 is 16.4 Å². The molecule has 2 aromatic carbocycles. The van der Waals surface area contributed by atoms with E-state index in [1.54, 1.807) is 36.4 Å². The maximum atomic E-state index is 11.8. The second-order valence-corrected chi connectivity index (χ2v) is 5.17. The average Bonchev–Trinajstić information content (AvgIpc) is 2.38. The molecule has 4 N–H and O–H groups in total. The standard InChI is InChI=1S/C13H10Cl3N3O/c14-9-4-2-8(6-11(9)16)18-13(20)19-12-5-7(17)1-3-10(12)15/h1-6H,17H2,(H2,18,19,20). The minimum atomic E-state index is -0.462. The first-order valence-electron chi connectivity index (χ1n) is 5.54. The van der Waals surface area contributed by atoms with E-state index in [2.05, 4.69) is 10.6 Å². The first-order valence-corrected chi connectivity index (χ1v) is 6.67. The Morgan fingerprint density at radius 1 is 0.900 bits per heavy atom. The maximum absolute atomic E-state index is 11.8. The Labute approximate surface area is 130 Å². The van der Waals surface area contributed by atoms with Gasteiger partial charge in [0.2, 0.25) is 0 Å². The van der Waals surface area contributed by atoms with Crippen molar-refractivity contribution in [3.05, 3.63) is 51.5 Å². The Balaban J connectivity index is 2.09. The van der Waals surface area contributed by atoms with E-state index in [1.165, 1.54) is 0 Å². The number of nitrogens with one attached hydrogen (secondary N) is 2. The number of carbonyl (C=O) groups excluding carboxylic acids is 1. The van der Waals surface area contributed by atoms with E-state index in [0.717, 1.165) is 0 Å². The van der Waals surface area contributed by atoms with Gasteiger partial charge < -0.3 is 16.4 Å². The van der Waals surface area contributed by atoms with Gasteiger partial charge in [0.15, 0.2) is 0 Å². The monoisotopic (exact) mass is 329 g/mol. The molecule has 0 bridgehead atoms. The van der Waals surface area contributed by atoms with Crippen molar-refractivity contribution in [3.63, 3.8) is 0 Å². The van der Waals surface area contributed by atoms with E-state index in [9.17, 15) is 4.79 Å². The minimum Gasteiger partial charge on any atom is -0.399 e. The van der Waals surface area contributed by atoms with Crippen molar-refractivity contribution in [1.29, 1.82) is 0 Å². The summed E-state index contributed by atoms with van der Waals surface area (Å²) in [6.45, 7) is 0. The summed E-state index contributed by atoms with van der Waals surface area (Å²) in [4.78, 5) is 11.8. The molecule has 0 fully saturated rings. The van der Waals surface area contributed by atoms with Crippen LogP contribution in [0.5, 0.6) is 0 Å². The third kappa shape index (κ3) is 3.70. The van der Waals surface area contributed by atoms with Crippen LogP contribution in [0.25, 0.3) is 0 Å². The second kappa shape index (κ2) is 6.22. The SMILES string of the molecule is Nc1ccc(Cl)c(NC(=O)Nc2ccc(Cl)c(Cl)c2)c1. The van der Waals surface area contributed by atoms with Crippen LogP contribution in [0.2, 0.25) is 15.1 Å². The first kappa shape index (κ1) is 14.8.